The fourth-order valence-corrected chi connectivity index (χ4v) is 2.32. The van der Waals surface area contributed by atoms with E-state index in [1.807, 2.05) is 30.3 Å². The van der Waals surface area contributed by atoms with E-state index in [-0.39, 0.29) is 0 Å². The topological polar surface area (TPSA) is 27.0 Å². The van der Waals surface area contributed by atoms with Crippen LogP contribution in [0.3, 0.4) is 0 Å². The van der Waals surface area contributed by atoms with Crippen molar-refractivity contribution in [3.05, 3.63) is 65.7 Å². The Labute approximate surface area is 114 Å². The first-order chi connectivity index (χ1) is 9.26. The van der Waals surface area contributed by atoms with Crippen molar-refractivity contribution in [2.45, 2.75) is 19.9 Å². The van der Waals surface area contributed by atoms with Crippen LogP contribution < -0.4 is 4.90 Å². The lowest BCUT2D eigenvalue weighted by Crippen LogP contribution is -2.26. The van der Waals surface area contributed by atoms with Gasteiger partial charge in [-0.3, -0.25) is 0 Å². The molecule has 0 saturated carbocycles. The summed E-state index contributed by atoms with van der Waals surface area (Å²) in [6.45, 7) is 5.30. The summed E-state index contributed by atoms with van der Waals surface area (Å²) in [6.07, 6.45) is 0. The van der Waals surface area contributed by atoms with E-state index in [4.69, 9.17) is 5.26 Å². The van der Waals surface area contributed by atoms with Crippen LogP contribution in [0.2, 0.25) is 0 Å². The SMILES string of the molecule is CCN(c1ccccc1)C(C)c1ccc(C#N)cc1. The van der Waals surface area contributed by atoms with Crippen molar-refractivity contribution in [1.82, 2.24) is 0 Å². The van der Waals surface area contributed by atoms with Gasteiger partial charge in [-0.15, -0.1) is 0 Å². The molecule has 1 atom stereocenters. The van der Waals surface area contributed by atoms with Crippen molar-refractivity contribution in [2.24, 2.45) is 0 Å². The molecule has 0 N–H and O–H groups in total. The van der Waals surface area contributed by atoms with Gasteiger partial charge in [-0.2, -0.15) is 5.26 Å². The molecule has 0 aliphatic carbocycles. The van der Waals surface area contributed by atoms with E-state index >= 15 is 0 Å². The standard InChI is InChI=1S/C17H18N2/c1-3-19(17-7-5-4-6-8-17)14(2)16-11-9-15(13-18)10-12-16/h4-12,14H,3H2,1-2H3. The molecular weight excluding hydrogens is 232 g/mol. The number of benzene rings is 2. The Balaban J connectivity index is 2.25. The number of anilines is 1. The van der Waals surface area contributed by atoms with E-state index in [1.165, 1.54) is 11.3 Å². The van der Waals surface area contributed by atoms with Crippen molar-refractivity contribution >= 4 is 5.69 Å². The van der Waals surface area contributed by atoms with E-state index in [1.54, 1.807) is 0 Å². The minimum Gasteiger partial charge on any atom is -0.365 e. The molecule has 0 bridgehead atoms. The van der Waals surface area contributed by atoms with Gasteiger partial charge in [0.1, 0.15) is 0 Å². The summed E-state index contributed by atoms with van der Waals surface area (Å²) in [4.78, 5) is 2.35. The molecule has 19 heavy (non-hydrogen) atoms. The summed E-state index contributed by atoms with van der Waals surface area (Å²) in [7, 11) is 0. The number of rotatable bonds is 4. The highest BCUT2D eigenvalue weighted by Crippen LogP contribution is 2.26. The maximum atomic E-state index is 8.84. The molecule has 0 spiro atoms. The summed E-state index contributed by atoms with van der Waals surface area (Å²) in [5.41, 5.74) is 3.16. The zero-order valence-electron chi connectivity index (χ0n) is 11.4. The number of nitriles is 1. The van der Waals surface area contributed by atoms with Crippen LogP contribution in [0, 0.1) is 11.3 Å². The molecule has 0 heterocycles. The second-order valence-corrected chi connectivity index (χ2v) is 4.53. The van der Waals surface area contributed by atoms with E-state index in [0.29, 0.717) is 11.6 Å². The van der Waals surface area contributed by atoms with Crippen LogP contribution in [0.1, 0.15) is 31.0 Å². The Morgan fingerprint density at radius 1 is 1.05 bits per heavy atom. The number of hydrogen-bond donors (Lipinski definition) is 0. The molecule has 2 aromatic rings. The van der Waals surface area contributed by atoms with Crippen LogP contribution in [0.15, 0.2) is 54.6 Å². The summed E-state index contributed by atoms with van der Waals surface area (Å²) < 4.78 is 0. The van der Waals surface area contributed by atoms with E-state index < -0.39 is 0 Å². The summed E-state index contributed by atoms with van der Waals surface area (Å²) >= 11 is 0. The molecule has 0 aliphatic heterocycles. The highest BCUT2D eigenvalue weighted by Gasteiger charge is 2.14. The predicted molar refractivity (Wildman–Crippen MR) is 79.0 cm³/mol. The molecule has 0 aliphatic rings. The van der Waals surface area contributed by atoms with Gasteiger partial charge < -0.3 is 4.90 Å². The third-order valence-electron chi connectivity index (χ3n) is 3.42. The molecule has 2 aromatic carbocycles. The smallest absolute Gasteiger partial charge is 0.0991 e. The highest BCUT2D eigenvalue weighted by atomic mass is 15.1. The average molecular weight is 250 g/mol. The van der Waals surface area contributed by atoms with Gasteiger partial charge in [0.2, 0.25) is 0 Å². The molecule has 0 radical (unpaired) electrons. The fourth-order valence-electron chi connectivity index (χ4n) is 2.32. The molecule has 96 valence electrons. The fraction of sp³-hybridized carbons (Fsp3) is 0.235. The first-order valence-corrected chi connectivity index (χ1v) is 6.58. The Bertz CT molecular complexity index is 552. The minimum atomic E-state index is 0.292. The van der Waals surface area contributed by atoms with E-state index in [9.17, 15) is 0 Å². The van der Waals surface area contributed by atoms with E-state index in [2.05, 4.69) is 49.1 Å². The van der Waals surface area contributed by atoms with Gasteiger partial charge in [0.15, 0.2) is 0 Å². The van der Waals surface area contributed by atoms with Crippen LogP contribution in [0.5, 0.6) is 0 Å². The Morgan fingerprint density at radius 3 is 2.21 bits per heavy atom. The van der Waals surface area contributed by atoms with Gasteiger partial charge in [0.25, 0.3) is 0 Å². The Morgan fingerprint density at radius 2 is 1.68 bits per heavy atom. The molecule has 2 rings (SSSR count). The van der Waals surface area contributed by atoms with Crippen LogP contribution in [-0.4, -0.2) is 6.54 Å². The zero-order valence-corrected chi connectivity index (χ0v) is 11.4. The number of nitrogens with zero attached hydrogens (tertiary/aromatic N) is 2. The van der Waals surface area contributed by atoms with Crippen molar-refractivity contribution in [3.63, 3.8) is 0 Å². The molecule has 2 nitrogen and oxygen atoms in total. The largest absolute Gasteiger partial charge is 0.365 e. The van der Waals surface area contributed by atoms with Gasteiger partial charge in [-0.1, -0.05) is 30.3 Å². The molecule has 0 fully saturated rings. The lowest BCUT2D eigenvalue weighted by Gasteiger charge is -2.30. The van der Waals surface area contributed by atoms with E-state index in [0.717, 1.165) is 6.54 Å². The highest BCUT2D eigenvalue weighted by molar-refractivity contribution is 5.48. The van der Waals surface area contributed by atoms with Gasteiger partial charge >= 0.3 is 0 Å². The first kappa shape index (κ1) is 13.2. The Hall–Kier alpha value is -2.27. The maximum Gasteiger partial charge on any atom is 0.0991 e. The minimum absolute atomic E-state index is 0.292. The van der Waals surface area contributed by atoms with Gasteiger partial charge in [0.05, 0.1) is 17.7 Å². The normalized spacial score (nSPS) is 11.6. The zero-order chi connectivity index (χ0) is 13.7. The van der Waals surface area contributed by atoms with Crippen molar-refractivity contribution in [2.75, 3.05) is 11.4 Å². The van der Waals surface area contributed by atoms with Gasteiger partial charge in [-0.05, 0) is 43.7 Å². The summed E-state index contributed by atoms with van der Waals surface area (Å²) in [6, 6.07) is 20.7. The summed E-state index contributed by atoms with van der Waals surface area (Å²) in [5, 5.41) is 8.84. The van der Waals surface area contributed by atoms with Crippen molar-refractivity contribution in [3.8, 4) is 6.07 Å². The van der Waals surface area contributed by atoms with Crippen LogP contribution in [0.4, 0.5) is 5.69 Å². The maximum absolute atomic E-state index is 8.84. The number of para-hydroxylation sites is 1. The quantitative estimate of drug-likeness (QED) is 0.815. The average Bonchev–Trinajstić information content (AvgIpc) is 2.49. The summed E-state index contributed by atoms with van der Waals surface area (Å²) in [5.74, 6) is 0. The molecule has 0 aromatic heterocycles. The molecule has 1 unspecified atom stereocenters. The molecule has 0 saturated heterocycles. The third-order valence-corrected chi connectivity index (χ3v) is 3.42. The molecular formula is C17H18N2. The van der Waals surface area contributed by atoms with Crippen molar-refractivity contribution < 1.29 is 0 Å². The lowest BCUT2D eigenvalue weighted by molar-refractivity contribution is 0.690. The third kappa shape index (κ3) is 2.95. The van der Waals surface area contributed by atoms with Gasteiger partial charge in [0, 0.05) is 12.2 Å². The van der Waals surface area contributed by atoms with Gasteiger partial charge in [-0.25, -0.2) is 0 Å². The second-order valence-electron chi connectivity index (χ2n) is 4.53. The van der Waals surface area contributed by atoms with Crippen LogP contribution >= 0.6 is 0 Å². The Kier molecular flexibility index (Phi) is 4.20. The second kappa shape index (κ2) is 6.06. The van der Waals surface area contributed by atoms with Crippen molar-refractivity contribution in [1.29, 1.82) is 5.26 Å². The predicted octanol–water partition coefficient (Wildman–Crippen LogP) is 4.15. The first-order valence-electron chi connectivity index (χ1n) is 6.58. The molecule has 0 amide bonds. The van der Waals surface area contributed by atoms with Crippen LogP contribution in [0.25, 0.3) is 0 Å². The lowest BCUT2D eigenvalue weighted by atomic mass is 10.0. The molecule has 2 heteroatoms. The monoisotopic (exact) mass is 250 g/mol. The van der Waals surface area contributed by atoms with Crippen LogP contribution in [-0.2, 0) is 0 Å². The number of hydrogen-bond acceptors (Lipinski definition) is 2.